The second kappa shape index (κ2) is 8.42. The summed E-state index contributed by atoms with van der Waals surface area (Å²) in [6.07, 6.45) is -0.499. The Bertz CT molecular complexity index is 326. The molecule has 3 unspecified atom stereocenters. The van der Waals surface area contributed by atoms with Crippen molar-refractivity contribution in [3.63, 3.8) is 0 Å². The summed E-state index contributed by atoms with van der Waals surface area (Å²) in [4.78, 5) is 0. The SMILES string of the molecule is CC(C)OP(=O)(OC(C)C)C(F)CC1COCC1CI. The fourth-order valence-electron chi connectivity index (χ4n) is 2.20. The molecule has 3 atom stereocenters. The smallest absolute Gasteiger partial charge is 0.365 e. The summed E-state index contributed by atoms with van der Waals surface area (Å²) in [6, 6.07) is 0. The third-order valence-corrected chi connectivity index (χ3v) is 6.54. The van der Waals surface area contributed by atoms with E-state index in [0.717, 1.165) is 4.43 Å². The summed E-state index contributed by atoms with van der Waals surface area (Å²) in [6.45, 7) is 8.10. The maximum Gasteiger partial charge on any atom is 0.365 e. The highest BCUT2D eigenvalue weighted by atomic mass is 127. The second-order valence-corrected chi connectivity index (χ2v) is 8.67. The summed E-state index contributed by atoms with van der Waals surface area (Å²) in [5.41, 5.74) is 0. The van der Waals surface area contributed by atoms with Crippen molar-refractivity contribution < 1.29 is 22.7 Å². The van der Waals surface area contributed by atoms with Crippen molar-refractivity contribution in [1.29, 1.82) is 0 Å². The molecule has 20 heavy (non-hydrogen) atoms. The van der Waals surface area contributed by atoms with Crippen LogP contribution in [-0.4, -0.2) is 35.8 Å². The maximum atomic E-state index is 14.6. The van der Waals surface area contributed by atoms with Gasteiger partial charge in [-0.1, -0.05) is 22.6 Å². The molecule has 0 saturated carbocycles. The highest BCUT2D eigenvalue weighted by molar-refractivity contribution is 14.1. The molecule has 1 heterocycles. The average Bonchev–Trinajstić information content (AvgIpc) is 2.73. The second-order valence-electron chi connectivity index (χ2n) is 5.73. The van der Waals surface area contributed by atoms with Crippen LogP contribution < -0.4 is 0 Å². The van der Waals surface area contributed by atoms with Crippen molar-refractivity contribution in [3.05, 3.63) is 0 Å². The van der Waals surface area contributed by atoms with Gasteiger partial charge >= 0.3 is 7.60 Å². The number of hydrogen-bond donors (Lipinski definition) is 0. The number of alkyl halides is 2. The van der Waals surface area contributed by atoms with Gasteiger partial charge in [-0.2, -0.15) is 0 Å². The van der Waals surface area contributed by atoms with Crippen LogP contribution in [0.2, 0.25) is 0 Å². The summed E-state index contributed by atoms with van der Waals surface area (Å²) in [5, 5.41) is 0. The zero-order valence-electron chi connectivity index (χ0n) is 12.6. The molecular formula is C13H25FIO4P. The van der Waals surface area contributed by atoms with Crippen LogP contribution in [0.1, 0.15) is 34.1 Å². The Hall–Kier alpha value is 0.770. The van der Waals surface area contributed by atoms with Crippen LogP contribution in [0.4, 0.5) is 4.39 Å². The molecule has 0 radical (unpaired) electrons. The molecule has 7 heteroatoms. The zero-order valence-corrected chi connectivity index (χ0v) is 15.6. The van der Waals surface area contributed by atoms with E-state index in [-0.39, 0.29) is 24.5 Å². The molecule has 0 aromatic carbocycles. The Morgan fingerprint density at radius 3 is 2.15 bits per heavy atom. The Balaban J connectivity index is 2.72. The lowest BCUT2D eigenvalue weighted by Gasteiger charge is -2.27. The highest BCUT2D eigenvalue weighted by Gasteiger charge is 2.42. The van der Waals surface area contributed by atoms with Gasteiger partial charge in [0.05, 0.1) is 18.8 Å². The number of halogens is 2. The molecule has 1 rings (SSSR count). The molecule has 0 aliphatic carbocycles. The summed E-state index contributed by atoms with van der Waals surface area (Å²) in [5.74, 6) is -1.19. The van der Waals surface area contributed by atoms with Gasteiger partial charge in [0.25, 0.3) is 0 Å². The van der Waals surface area contributed by atoms with Gasteiger partial charge in [0, 0.05) is 11.0 Å². The van der Waals surface area contributed by atoms with E-state index in [1.807, 2.05) is 0 Å². The average molecular weight is 422 g/mol. The largest absolute Gasteiger partial charge is 0.381 e. The van der Waals surface area contributed by atoms with Crippen molar-refractivity contribution in [3.8, 4) is 0 Å². The quantitative estimate of drug-likeness (QED) is 0.330. The molecule has 1 fully saturated rings. The van der Waals surface area contributed by atoms with Gasteiger partial charge in [-0.25, -0.2) is 4.39 Å². The Morgan fingerprint density at radius 1 is 1.20 bits per heavy atom. The molecule has 4 nitrogen and oxygen atoms in total. The third-order valence-electron chi connectivity index (χ3n) is 3.08. The van der Waals surface area contributed by atoms with Crippen LogP contribution in [0.5, 0.6) is 0 Å². The van der Waals surface area contributed by atoms with E-state index in [1.54, 1.807) is 27.7 Å². The number of ether oxygens (including phenoxy) is 1. The van der Waals surface area contributed by atoms with Crippen LogP contribution in [0.15, 0.2) is 0 Å². The first kappa shape index (κ1) is 18.8. The Kier molecular flexibility index (Phi) is 7.92. The molecule has 1 aliphatic rings. The van der Waals surface area contributed by atoms with Gasteiger partial charge in [-0.3, -0.25) is 4.57 Å². The highest BCUT2D eigenvalue weighted by Crippen LogP contribution is 2.58. The molecule has 0 bridgehead atoms. The van der Waals surface area contributed by atoms with E-state index in [0.29, 0.717) is 19.1 Å². The van der Waals surface area contributed by atoms with E-state index in [1.165, 1.54) is 0 Å². The predicted molar refractivity (Wildman–Crippen MR) is 86.2 cm³/mol. The van der Waals surface area contributed by atoms with Gasteiger partial charge in [-0.05, 0) is 46.0 Å². The van der Waals surface area contributed by atoms with Gasteiger partial charge in [0.1, 0.15) is 0 Å². The topological polar surface area (TPSA) is 44.8 Å². The van der Waals surface area contributed by atoms with Crippen molar-refractivity contribution in [2.24, 2.45) is 11.8 Å². The van der Waals surface area contributed by atoms with Crippen LogP contribution >= 0.6 is 30.2 Å². The van der Waals surface area contributed by atoms with E-state index >= 15 is 0 Å². The number of hydrogen-bond acceptors (Lipinski definition) is 4. The molecule has 0 aromatic rings. The first-order valence-corrected chi connectivity index (χ1v) is 10.2. The molecule has 120 valence electrons. The first-order chi connectivity index (χ1) is 9.28. The molecule has 0 aromatic heterocycles. The zero-order chi connectivity index (χ0) is 15.3. The van der Waals surface area contributed by atoms with Crippen molar-refractivity contribution in [1.82, 2.24) is 0 Å². The minimum absolute atomic E-state index is 0.0850. The molecule has 0 N–H and O–H groups in total. The molecule has 1 saturated heterocycles. The van der Waals surface area contributed by atoms with E-state index < -0.39 is 13.5 Å². The lowest BCUT2D eigenvalue weighted by atomic mass is 9.95. The summed E-state index contributed by atoms with van der Waals surface area (Å²) in [7, 11) is -3.74. The molecule has 0 amide bonds. The van der Waals surface area contributed by atoms with Crippen LogP contribution in [-0.2, 0) is 18.3 Å². The molecular weight excluding hydrogens is 397 g/mol. The lowest BCUT2D eigenvalue weighted by molar-refractivity contribution is 0.115. The first-order valence-electron chi connectivity index (χ1n) is 7.02. The maximum absolute atomic E-state index is 14.6. The molecule has 0 spiro atoms. The Morgan fingerprint density at radius 2 is 1.70 bits per heavy atom. The third kappa shape index (κ3) is 5.52. The standard InChI is InChI=1S/C13H25FIO4P/c1-9(2)18-20(16,19-10(3)4)13(14)5-11-7-17-8-12(11)6-15/h9-13H,5-8H2,1-4H3. The molecule has 1 aliphatic heterocycles. The van der Waals surface area contributed by atoms with Crippen LogP contribution in [0, 0.1) is 11.8 Å². The van der Waals surface area contributed by atoms with Gasteiger partial charge in [-0.15, -0.1) is 0 Å². The van der Waals surface area contributed by atoms with E-state index in [2.05, 4.69) is 22.6 Å². The Labute approximate surface area is 134 Å². The summed E-state index contributed by atoms with van der Waals surface area (Å²) < 4.78 is 44.1. The summed E-state index contributed by atoms with van der Waals surface area (Å²) >= 11 is 2.28. The predicted octanol–water partition coefficient (Wildman–Crippen LogP) is 4.41. The lowest BCUT2D eigenvalue weighted by Crippen LogP contribution is -2.22. The van der Waals surface area contributed by atoms with Crippen molar-refractivity contribution in [2.45, 2.75) is 52.2 Å². The van der Waals surface area contributed by atoms with Gasteiger partial charge < -0.3 is 13.8 Å². The van der Waals surface area contributed by atoms with Crippen LogP contribution in [0.3, 0.4) is 0 Å². The van der Waals surface area contributed by atoms with Crippen LogP contribution in [0.25, 0.3) is 0 Å². The normalized spacial score (nSPS) is 25.6. The van der Waals surface area contributed by atoms with Crippen molar-refractivity contribution >= 4 is 30.2 Å². The van der Waals surface area contributed by atoms with Gasteiger partial charge in [0.15, 0.2) is 0 Å². The minimum Gasteiger partial charge on any atom is -0.381 e. The number of rotatable bonds is 8. The van der Waals surface area contributed by atoms with E-state index in [4.69, 9.17) is 13.8 Å². The van der Waals surface area contributed by atoms with E-state index in [9.17, 15) is 8.96 Å². The fraction of sp³-hybridized carbons (Fsp3) is 1.00. The van der Waals surface area contributed by atoms with Crippen molar-refractivity contribution in [2.75, 3.05) is 17.6 Å². The van der Waals surface area contributed by atoms with Gasteiger partial charge in [0.2, 0.25) is 5.91 Å². The minimum atomic E-state index is -3.74. The monoisotopic (exact) mass is 422 g/mol. The fourth-order valence-corrected chi connectivity index (χ4v) is 5.19.